The maximum absolute atomic E-state index is 12.6. The van der Waals surface area contributed by atoms with Crippen LogP contribution in [-0.4, -0.2) is 42.4 Å². The van der Waals surface area contributed by atoms with Gasteiger partial charge in [0.05, 0.1) is 6.61 Å². The van der Waals surface area contributed by atoms with Crippen LogP contribution >= 0.6 is 11.6 Å². The number of carbonyl (C=O) groups excluding carboxylic acids is 3. The summed E-state index contributed by atoms with van der Waals surface area (Å²) in [6.07, 6.45) is 0.374. The number of urea groups is 1. The Bertz CT molecular complexity index is 650. The van der Waals surface area contributed by atoms with Gasteiger partial charge in [0, 0.05) is 30.6 Å². The van der Waals surface area contributed by atoms with Crippen LogP contribution in [0.25, 0.3) is 0 Å². The van der Waals surface area contributed by atoms with Gasteiger partial charge in [0.1, 0.15) is 11.8 Å². The van der Waals surface area contributed by atoms with Crippen molar-refractivity contribution in [3.63, 3.8) is 0 Å². The Morgan fingerprint density at radius 1 is 1.42 bits per heavy atom. The van der Waals surface area contributed by atoms with E-state index >= 15 is 0 Å². The highest BCUT2D eigenvalue weighted by atomic mass is 35.5. The lowest BCUT2D eigenvalue weighted by Gasteiger charge is -2.24. The zero-order chi connectivity index (χ0) is 17.7. The van der Waals surface area contributed by atoms with Gasteiger partial charge in [0.15, 0.2) is 0 Å². The summed E-state index contributed by atoms with van der Waals surface area (Å²) in [5.41, 5.74) is 0.773. The summed E-state index contributed by atoms with van der Waals surface area (Å²) in [4.78, 5) is 36.9. The number of ether oxygens (including phenoxy) is 1. The van der Waals surface area contributed by atoms with E-state index in [1.807, 2.05) is 6.92 Å². The molecule has 1 aromatic carbocycles. The van der Waals surface area contributed by atoms with E-state index in [-0.39, 0.29) is 31.2 Å². The topological polar surface area (TPSA) is 87.7 Å². The minimum Gasteiger partial charge on any atom is -0.494 e. The first-order chi connectivity index (χ1) is 11.4. The minimum atomic E-state index is -0.740. The molecule has 1 fully saturated rings. The summed E-state index contributed by atoms with van der Waals surface area (Å²) in [6, 6.07) is 3.83. The molecule has 1 atom stereocenters. The van der Waals surface area contributed by atoms with Crippen molar-refractivity contribution in [2.75, 3.05) is 13.7 Å². The quantitative estimate of drug-likeness (QED) is 0.843. The predicted octanol–water partition coefficient (Wildman–Crippen LogP) is 1.69. The average molecular weight is 354 g/mol. The van der Waals surface area contributed by atoms with E-state index in [1.165, 1.54) is 4.90 Å². The highest BCUT2D eigenvalue weighted by molar-refractivity contribution is 6.30. The normalized spacial score (nSPS) is 17.5. The van der Waals surface area contributed by atoms with E-state index in [0.717, 1.165) is 5.56 Å². The number of rotatable bonds is 5. The van der Waals surface area contributed by atoms with Crippen LogP contribution in [0.5, 0.6) is 5.75 Å². The van der Waals surface area contributed by atoms with E-state index in [9.17, 15) is 14.4 Å². The van der Waals surface area contributed by atoms with Gasteiger partial charge in [0.25, 0.3) is 0 Å². The zero-order valence-corrected chi connectivity index (χ0v) is 14.4. The van der Waals surface area contributed by atoms with Crippen LogP contribution in [0.15, 0.2) is 18.2 Å². The van der Waals surface area contributed by atoms with Crippen molar-refractivity contribution in [2.24, 2.45) is 0 Å². The molecule has 0 radical (unpaired) electrons. The summed E-state index contributed by atoms with van der Waals surface area (Å²) in [5.74, 6) is -0.00973. The number of amides is 4. The molecule has 2 N–H and O–H groups in total. The molecular formula is C16H20ClN3O4. The van der Waals surface area contributed by atoms with Crippen LogP contribution in [0.1, 0.15) is 25.3 Å². The van der Waals surface area contributed by atoms with Gasteiger partial charge >= 0.3 is 6.03 Å². The van der Waals surface area contributed by atoms with Gasteiger partial charge in [-0.1, -0.05) is 11.6 Å². The maximum atomic E-state index is 12.6. The lowest BCUT2D eigenvalue weighted by atomic mass is 10.1. The molecule has 0 spiro atoms. The van der Waals surface area contributed by atoms with Crippen LogP contribution in [0, 0.1) is 0 Å². The molecular weight excluding hydrogens is 334 g/mol. The van der Waals surface area contributed by atoms with Gasteiger partial charge in [0.2, 0.25) is 11.8 Å². The summed E-state index contributed by atoms with van der Waals surface area (Å²) < 4.78 is 5.55. The van der Waals surface area contributed by atoms with Gasteiger partial charge in [-0.3, -0.25) is 14.9 Å². The molecule has 8 heteroatoms. The first-order valence-corrected chi connectivity index (χ1v) is 8.05. The number of carbonyl (C=O) groups is 3. The summed E-state index contributed by atoms with van der Waals surface area (Å²) in [6.45, 7) is 2.65. The van der Waals surface area contributed by atoms with Crippen molar-refractivity contribution in [3.05, 3.63) is 28.8 Å². The second-order valence-electron chi connectivity index (χ2n) is 5.49. The van der Waals surface area contributed by atoms with E-state index in [1.54, 1.807) is 25.2 Å². The summed E-state index contributed by atoms with van der Waals surface area (Å²) >= 11 is 6.02. The Morgan fingerprint density at radius 2 is 2.17 bits per heavy atom. The molecule has 130 valence electrons. The highest BCUT2D eigenvalue weighted by Crippen LogP contribution is 2.24. The molecule has 2 rings (SSSR count). The molecule has 0 aliphatic carbocycles. The molecule has 7 nitrogen and oxygen atoms in total. The predicted molar refractivity (Wildman–Crippen MR) is 88.8 cm³/mol. The number of hydrogen-bond donors (Lipinski definition) is 2. The molecule has 1 saturated heterocycles. The van der Waals surface area contributed by atoms with Gasteiger partial charge in [-0.2, -0.15) is 0 Å². The molecule has 1 heterocycles. The number of halogens is 1. The number of imide groups is 1. The van der Waals surface area contributed by atoms with Crippen molar-refractivity contribution >= 4 is 29.4 Å². The van der Waals surface area contributed by atoms with Crippen LogP contribution in [-0.2, 0) is 16.1 Å². The van der Waals surface area contributed by atoms with Crippen molar-refractivity contribution in [3.8, 4) is 5.75 Å². The number of nitrogens with zero attached hydrogens (tertiary/aromatic N) is 1. The van der Waals surface area contributed by atoms with Crippen LogP contribution in [0.2, 0.25) is 5.02 Å². The molecule has 0 unspecified atom stereocenters. The Labute approximate surface area is 145 Å². The van der Waals surface area contributed by atoms with E-state index in [4.69, 9.17) is 16.3 Å². The molecule has 1 aliphatic rings. The second kappa shape index (κ2) is 8.01. The minimum absolute atomic E-state index is 0.115. The summed E-state index contributed by atoms with van der Waals surface area (Å²) in [5, 5.41) is 5.21. The van der Waals surface area contributed by atoms with E-state index in [2.05, 4.69) is 10.6 Å². The third kappa shape index (κ3) is 4.61. The first kappa shape index (κ1) is 18.1. The zero-order valence-electron chi connectivity index (χ0n) is 13.6. The number of nitrogens with one attached hydrogen (secondary N) is 2. The van der Waals surface area contributed by atoms with Gasteiger partial charge in [-0.05, 0) is 31.5 Å². The van der Waals surface area contributed by atoms with Crippen LogP contribution in [0.4, 0.5) is 4.79 Å². The Kier molecular flexibility index (Phi) is 6.03. The fraction of sp³-hybridized carbons (Fsp3) is 0.438. The Balaban J connectivity index is 2.10. The fourth-order valence-corrected chi connectivity index (χ4v) is 2.68. The van der Waals surface area contributed by atoms with Gasteiger partial charge in [-0.15, -0.1) is 0 Å². The van der Waals surface area contributed by atoms with E-state index in [0.29, 0.717) is 17.4 Å². The maximum Gasteiger partial charge on any atom is 0.322 e. The van der Waals surface area contributed by atoms with E-state index < -0.39 is 12.1 Å². The number of likely N-dealkylation sites (N-methyl/N-ethyl adjacent to an activating group) is 1. The third-order valence-electron chi connectivity index (χ3n) is 3.62. The molecule has 0 aromatic heterocycles. The molecule has 0 bridgehead atoms. The van der Waals surface area contributed by atoms with Gasteiger partial charge < -0.3 is 15.0 Å². The van der Waals surface area contributed by atoms with Crippen LogP contribution in [0.3, 0.4) is 0 Å². The summed E-state index contributed by atoms with van der Waals surface area (Å²) in [7, 11) is 1.63. The lowest BCUT2D eigenvalue weighted by molar-refractivity contribution is -0.132. The SMILES string of the molecule is CCOc1ccc(Cl)cc1CN(C)C(=O)[C@H]1CCC(=O)NC(=O)N1. The van der Waals surface area contributed by atoms with Crippen molar-refractivity contribution < 1.29 is 19.1 Å². The smallest absolute Gasteiger partial charge is 0.322 e. The second-order valence-corrected chi connectivity index (χ2v) is 5.93. The van der Waals surface area contributed by atoms with Crippen molar-refractivity contribution in [1.29, 1.82) is 0 Å². The molecule has 1 aliphatic heterocycles. The Hall–Kier alpha value is -2.28. The Morgan fingerprint density at radius 3 is 2.88 bits per heavy atom. The highest BCUT2D eigenvalue weighted by Gasteiger charge is 2.28. The van der Waals surface area contributed by atoms with Crippen LogP contribution < -0.4 is 15.4 Å². The third-order valence-corrected chi connectivity index (χ3v) is 3.86. The van der Waals surface area contributed by atoms with Gasteiger partial charge in [-0.25, -0.2) is 4.79 Å². The first-order valence-electron chi connectivity index (χ1n) is 7.67. The standard InChI is InChI=1S/C16H20ClN3O4/c1-3-24-13-6-4-11(17)8-10(13)9-20(2)15(22)12-5-7-14(21)19-16(23)18-12/h4,6,8,12H,3,5,7,9H2,1-2H3,(H2,18,19,21,23)/t12-/m1/s1. The number of hydrogen-bond acceptors (Lipinski definition) is 4. The van der Waals surface area contributed by atoms with Crippen molar-refractivity contribution in [1.82, 2.24) is 15.5 Å². The largest absolute Gasteiger partial charge is 0.494 e. The number of benzene rings is 1. The van der Waals surface area contributed by atoms with Crippen molar-refractivity contribution in [2.45, 2.75) is 32.4 Å². The monoisotopic (exact) mass is 353 g/mol. The lowest BCUT2D eigenvalue weighted by Crippen LogP contribution is -2.48. The molecule has 1 aromatic rings. The fourth-order valence-electron chi connectivity index (χ4n) is 2.48. The molecule has 24 heavy (non-hydrogen) atoms. The molecule has 0 saturated carbocycles. The molecule has 4 amide bonds. The average Bonchev–Trinajstić information content (AvgIpc) is 2.69.